The molecule has 1 aromatic carbocycles. The van der Waals surface area contributed by atoms with Crippen LogP contribution in [0.5, 0.6) is 0 Å². The maximum absolute atomic E-state index is 11.0. The summed E-state index contributed by atoms with van der Waals surface area (Å²) in [7, 11) is 0. The summed E-state index contributed by atoms with van der Waals surface area (Å²) >= 11 is 0. The number of nitro groups is 2. The van der Waals surface area contributed by atoms with Crippen molar-refractivity contribution in [3.63, 3.8) is 0 Å². The van der Waals surface area contributed by atoms with Gasteiger partial charge in [-0.25, -0.2) is 0 Å². The van der Waals surface area contributed by atoms with Crippen LogP contribution >= 0.6 is 0 Å². The molecule has 0 spiro atoms. The number of aryl methyl sites for hydroxylation is 1. The highest BCUT2D eigenvalue weighted by Gasteiger charge is 2.29. The Balaban J connectivity index is 2.54. The first-order valence-corrected chi connectivity index (χ1v) is 6.25. The molecule has 7 heteroatoms. The van der Waals surface area contributed by atoms with Gasteiger partial charge in [0.05, 0.1) is 9.85 Å². The van der Waals surface area contributed by atoms with Crippen LogP contribution in [0.2, 0.25) is 0 Å². The Bertz CT molecular complexity index is 530. The van der Waals surface area contributed by atoms with Gasteiger partial charge in [-0.3, -0.25) is 20.2 Å². The number of benzene rings is 1. The number of anilines is 1. The molecule has 0 radical (unpaired) electrons. The molecule has 0 fully saturated rings. The van der Waals surface area contributed by atoms with E-state index in [1.54, 1.807) is 0 Å². The Morgan fingerprint density at radius 1 is 1.21 bits per heavy atom. The molecule has 0 atom stereocenters. The maximum atomic E-state index is 11.0. The summed E-state index contributed by atoms with van der Waals surface area (Å²) in [5, 5.41) is 21.9. The molecule has 102 valence electrons. The second kappa shape index (κ2) is 5.21. The number of hydrogen-bond donors (Lipinski definition) is 0. The van der Waals surface area contributed by atoms with Gasteiger partial charge in [0, 0.05) is 30.9 Å². The molecule has 0 amide bonds. The smallest absolute Gasteiger partial charge is 0.348 e. The minimum Gasteiger partial charge on any atom is -0.371 e. The van der Waals surface area contributed by atoms with Crippen LogP contribution in [-0.4, -0.2) is 22.9 Å². The maximum Gasteiger partial charge on any atom is 0.348 e. The predicted octanol–water partition coefficient (Wildman–Crippen LogP) is 2.67. The van der Waals surface area contributed by atoms with Crippen molar-refractivity contribution in [3.05, 3.63) is 37.9 Å². The van der Waals surface area contributed by atoms with Crippen LogP contribution < -0.4 is 4.90 Å². The normalized spacial score (nSPS) is 14.1. The van der Waals surface area contributed by atoms with Gasteiger partial charge in [0.25, 0.3) is 0 Å². The van der Waals surface area contributed by atoms with Crippen molar-refractivity contribution in [2.24, 2.45) is 0 Å². The number of fused-ring (bicyclic) bond motifs is 1. The molecular formula is C12H15N3O4. The van der Waals surface area contributed by atoms with E-state index in [0.717, 1.165) is 43.6 Å². The molecule has 0 aromatic heterocycles. The summed E-state index contributed by atoms with van der Waals surface area (Å²) in [6, 6.07) is 2.71. The van der Waals surface area contributed by atoms with E-state index < -0.39 is 21.2 Å². The van der Waals surface area contributed by atoms with Crippen LogP contribution in [0.4, 0.5) is 17.1 Å². The van der Waals surface area contributed by atoms with Gasteiger partial charge in [-0.05, 0) is 24.8 Å². The van der Waals surface area contributed by atoms with Crippen molar-refractivity contribution >= 4 is 17.1 Å². The highest BCUT2D eigenvalue weighted by molar-refractivity contribution is 5.68. The number of nitro benzene ring substituents is 2. The van der Waals surface area contributed by atoms with E-state index >= 15 is 0 Å². The summed E-state index contributed by atoms with van der Waals surface area (Å²) in [6.45, 7) is 3.69. The summed E-state index contributed by atoms with van der Waals surface area (Å²) in [5.41, 5.74) is 0.760. The lowest BCUT2D eigenvalue weighted by Crippen LogP contribution is -2.30. The second-order valence-corrected chi connectivity index (χ2v) is 4.57. The zero-order valence-electron chi connectivity index (χ0n) is 10.7. The van der Waals surface area contributed by atoms with E-state index in [1.807, 2.05) is 6.92 Å². The number of rotatable bonds is 4. The minimum atomic E-state index is -0.683. The average Bonchev–Trinajstić information content (AvgIpc) is 2.37. The zero-order valence-corrected chi connectivity index (χ0v) is 10.7. The first-order chi connectivity index (χ1) is 9.04. The van der Waals surface area contributed by atoms with Crippen LogP contribution in [0.1, 0.15) is 25.3 Å². The van der Waals surface area contributed by atoms with Crippen molar-refractivity contribution < 1.29 is 9.85 Å². The second-order valence-electron chi connectivity index (χ2n) is 4.57. The first kappa shape index (κ1) is 13.3. The fourth-order valence-electron chi connectivity index (χ4n) is 2.48. The topological polar surface area (TPSA) is 89.5 Å². The largest absolute Gasteiger partial charge is 0.371 e. The third-order valence-electron chi connectivity index (χ3n) is 3.28. The third-order valence-corrected chi connectivity index (χ3v) is 3.28. The van der Waals surface area contributed by atoms with Crippen molar-refractivity contribution in [1.82, 2.24) is 0 Å². The average molecular weight is 265 g/mol. The quantitative estimate of drug-likeness (QED) is 0.616. The summed E-state index contributed by atoms with van der Waals surface area (Å²) in [4.78, 5) is 22.6. The molecule has 19 heavy (non-hydrogen) atoms. The van der Waals surface area contributed by atoms with E-state index in [4.69, 9.17) is 0 Å². The van der Waals surface area contributed by atoms with Crippen molar-refractivity contribution in [3.8, 4) is 0 Å². The van der Waals surface area contributed by atoms with Crippen molar-refractivity contribution in [2.45, 2.75) is 26.2 Å². The minimum absolute atomic E-state index is 0.415. The molecule has 7 nitrogen and oxygen atoms in total. The molecule has 1 aliphatic heterocycles. The van der Waals surface area contributed by atoms with Gasteiger partial charge in [-0.15, -0.1) is 0 Å². The molecule has 2 rings (SSSR count). The molecule has 1 aromatic rings. The van der Waals surface area contributed by atoms with Gasteiger partial charge in [-0.2, -0.15) is 0 Å². The van der Waals surface area contributed by atoms with Gasteiger partial charge in [-0.1, -0.05) is 6.92 Å². The molecule has 0 bridgehead atoms. The first-order valence-electron chi connectivity index (χ1n) is 6.25. The third kappa shape index (κ3) is 2.49. The summed E-state index contributed by atoms with van der Waals surface area (Å²) in [6.07, 6.45) is 2.58. The summed E-state index contributed by atoms with van der Waals surface area (Å²) < 4.78 is 0. The van der Waals surface area contributed by atoms with Gasteiger partial charge in [0.2, 0.25) is 0 Å². The fraction of sp³-hybridized carbons (Fsp3) is 0.500. The Hall–Kier alpha value is -2.18. The number of nitrogens with zero attached hydrogens (tertiary/aromatic N) is 3. The van der Waals surface area contributed by atoms with E-state index in [-0.39, 0.29) is 0 Å². The zero-order chi connectivity index (χ0) is 14.0. The predicted molar refractivity (Wildman–Crippen MR) is 70.6 cm³/mol. The number of hydrogen-bond acceptors (Lipinski definition) is 5. The van der Waals surface area contributed by atoms with E-state index in [9.17, 15) is 20.2 Å². The van der Waals surface area contributed by atoms with Crippen LogP contribution in [0.25, 0.3) is 0 Å². The Kier molecular flexibility index (Phi) is 3.64. The van der Waals surface area contributed by atoms with Gasteiger partial charge in [0.15, 0.2) is 0 Å². The molecule has 1 heterocycles. The molecular weight excluding hydrogens is 250 g/mol. The molecule has 0 unspecified atom stereocenters. The Morgan fingerprint density at radius 3 is 2.42 bits per heavy atom. The molecule has 0 N–H and O–H groups in total. The molecule has 0 saturated carbocycles. The van der Waals surface area contributed by atoms with Crippen LogP contribution in [0.15, 0.2) is 12.1 Å². The monoisotopic (exact) mass is 265 g/mol. The summed E-state index contributed by atoms with van der Waals surface area (Å²) in [5.74, 6) is 0. The highest BCUT2D eigenvalue weighted by atomic mass is 16.6. The van der Waals surface area contributed by atoms with Gasteiger partial charge >= 0.3 is 11.4 Å². The van der Waals surface area contributed by atoms with Crippen molar-refractivity contribution in [1.29, 1.82) is 0 Å². The lowest BCUT2D eigenvalue weighted by atomic mass is 10.00. The van der Waals surface area contributed by atoms with E-state index in [2.05, 4.69) is 4.90 Å². The van der Waals surface area contributed by atoms with Crippen LogP contribution in [0, 0.1) is 20.2 Å². The Morgan fingerprint density at radius 2 is 1.84 bits per heavy atom. The van der Waals surface area contributed by atoms with E-state index in [1.165, 1.54) is 12.1 Å². The standard InChI is InChI=1S/C12H15N3O4/c1-2-5-13-6-3-4-9-7-11(14(16)17)12(15(18)19)8-10(9)13/h7-8H,2-6H2,1H3. The van der Waals surface area contributed by atoms with Gasteiger partial charge in [0.1, 0.15) is 0 Å². The van der Waals surface area contributed by atoms with Crippen molar-refractivity contribution in [2.75, 3.05) is 18.0 Å². The van der Waals surface area contributed by atoms with Gasteiger partial charge < -0.3 is 4.90 Å². The fourth-order valence-corrected chi connectivity index (χ4v) is 2.48. The lowest BCUT2D eigenvalue weighted by Gasteiger charge is -2.30. The van der Waals surface area contributed by atoms with Crippen LogP contribution in [0.3, 0.4) is 0 Å². The Labute approximate surface area is 110 Å². The van der Waals surface area contributed by atoms with E-state index in [0.29, 0.717) is 0 Å². The molecule has 1 aliphatic rings. The molecule has 0 saturated heterocycles. The highest BCUT2D eigenvalue weighted by Crippen LogP contribution is 2.37. The SMILES string of the molecule is CCCN1CCCc2cc([N+](=O)[O-])c([N+](=O)[O-])cc21. The van der Waals surface area contributed by atoms with Crippen LogP contribution in [-0.2, 0) is 6.42 Å². The molecule has 0 aliphatic carbocycles. The lowest BCUT2D eigenvalue weighted by molar-refractivity contribution is -0.422.